The lowest BCUT2D eigenvalue weighted by atomic mass is 10.1. The quantitative estimate of drug-likeness (QED) is 0.803. The van der Waals surface area contributed by atoms with Crippen molar-refractivity contribution in [3.63, 3.8) is 0 Å². The van der Waals surface area contributed by atoms with Crippen molar-refractivity contribution in [1.29, 1.82) is 0 Å². The second-order valence-electron chi connectivity index (χ2n) is 4.54. The summed E-state index contributed by atoms with van der Waals surface area (Å²) in [4.78, 5) is 0.0894. The van der Waals surface area contributed by atoms with Crippen molar-refractivity contribution < 1.29 is 13.5 Å². The lowest BCUT2D eigenvalue weighted by Gasteiger charge is -2.15. The van der Waals surface area contributed by atoms with Crippen LogP contribution in [0.1, 0.15) is 5.56 Å². The molecule has 0 bridgehead atoms. The van der Waals surface area contributed by atoms with Crippen LogP contribution in [0.5, 0.6) is 0 Å². The largest absolute Gasteiger partial charge is 0.395 e. The number of nitrogens with one attached hydrogen (secondary N) is 1. The molecule has 0 saturated heterocycles. The van der Waals surface area contributed by atoms with E-state index in [1.807, 2.05) is 30.3 Å². The molecule has 0 fully saturated rings. The maximum atomic E-state index is 12.1. The molecule has 0 saturated carbocycles. The van der Waals surface area contributed by atoms with E-state index in [4.69, 9.17) is 0 Å². The van der Waals surface area contributed by atoms with E-state index < -0.39 is 16.1 Å². The first-order valence-corrected chi connectivity index (χ1v) is 7.65. The zero-order valence-corrected chi connectivity index (χ0v) is 11.9. The summed E-state index contributed by atoms with van der Waals surface area (Å²) < 4.78 is 28.2. The van der Waals surface area contributed by atoms with Gasteiger partial charge in [-0.3, -0.25) is 4.68 Å². The summed E-state index contributed by atoms with van der Waals surface area (Å²) in [6.45, 7) is -0.269. The molecular weight excluding hydrogens is 278 g/mol. The average Bonchev–Trinajstić information content (AvgIpc) is 2.86. The summed E-state index contributed by atoms with van der Waals surface area (Å²) in [5.41, 5.74) is 0.959. The van der Waals surface area contributed by atoms with Gasteiger partial charge in [0.05, 0.1) is 12.8 Å². The Hall–Kier alpha value is -1.70. The Morgan fingerprint density at radius 2 is 2.05 bits per heavy atom. The van der Waals surface area contributed by atoms with Gasteiger partial charge in [0.25, 0.3) is 0 Å². The van der Waals surface area contributed by atoms with Gasteiger partial charge < -0.3 is 5.11 Å². The molecule has 0 unspecified atom stereocenters. The molecule has 7 heteroatoms. The Labute approximate surface area is 118 Å². The molecule has 0 aliphatic rings. The number of aromatic nitrogens is 2. The van der Waals surface area contributed by atoms with Crippen LogP contribution in [0, 0.1) is 0 Å². The van der Waals surface area contributed by atoms with Crippen molar-refractivity contribution in [3.8, 4) is 0 Å². The van der Waals surface area contributed by atoms with Gasteiger partial charge in [0.15, 0.2) is 0 Å². The fourth-order valence-corrected chi connectivity index (χ4v) is 3.08. The number of benzene rings is 1. The van der Waals surface area contributed by atoms with Crippen LogP contribution in [0.4, 0.5) is 0 Å². The van der Waals surface area contributed by atoms with Crippen LogP contribution in [-0.2, 0) is 23.5 Å². The van der Waals surface area contributed by atoms with E-state index in [9.17, 15) is 13.5 Å². The van der Waals surface area contributed by atoms with Gasteiger partial charge in [-0.05, 0) is 12.0 Å². The second-order valence-corrected chi connectivity index (χ2v) is 6.25. The van der Waals surface area contributed by atoms with Gasteiger partial charge in [0, 0.05) is 19.3 Å². The summed E-state index contributed by atoms with van der Waals surface area (Å²) in [5.74, 6) is 0. The van der Waals surface area contributed by atoms with Gasteiger partial charge in [-0.2, -0.15) is 5.10 Å². The maximum absolute atomic E-state index is 12.1. The minimum Gasteiger partial charge on any atom is -0.395 e. The molecule has 1 atom stereocenters. The molecule has 1 heterocycles. The van der Waals surface area contributed by atoms with Crippen LogP contribution in [0.2, 0.25) is 0 Å². The molecule has 0 aliphatic heterocycles. The monoisotopic (exact) mass is 295 g/mol. The first kappa shape index (κ1) is 14.7. The smallest absolute Gasteiger partial charge is 0.244 e. The minimum absolute atomic E-state index is 0.0894. The Bertz CT molecular complexity index is 653. The molecule has 108 valence electrons. The van der Waals surface area contributed by atoms with E-state index in [-0.39, 0.29) is 11.5 Å². The Morgan fingerprint density at radius 3 is 2.60 bits per heavy atom. The first-order chi connectivity index (χ1) is 9.51. The molecule has 0 radical (unpaired) electrons. The van der Waals surface area contributed by atoms with E-state index in [1.165, 1.54) is 17.1 Å². The van der Waals surface area contributed by atoms with E-state index in [2.05, 4.69) is 9.82 Å². The third-order valence-corrected chi connectivity index (χ3v) is 4.33. The van der Waals surface area contributed by atoms with Gasteiger partial charge in [-0.1, -0.05) is 30.3 Å². The standard InChI is InChI=1S/C13H17N3O3S/c1-16-9-13(8-14-16)20(18,19)15-12(10-17)7-11-5-3-2-4-6-11/h2-6,8-9,12,15,17H,7,10H2,1H3/t12-/m1/s1. The lowest BCUT2D eigenvalue weighted by molar-refractivity contribution is 0.256. The molecule has 0 aliphatic carbocycles. The van der Waals surface area contributed by atoms with E-state index in [0.29, 0.717) is 6.42 Å². The number of hydrogen-bond acceptors (Lipinski definition) is 4. The molecule has 0 amide bonds. The van der Waals surface area contributed by atoms with Crippen molar-refractivity contribution in [1.82, 2.24) is 14.5 Å². The normalized spacial score (nSPS) is 13.3. The van der Waals surface area contributed by atoms with Crippen molar-refractivity contribution in [2.24, 2.45) is 7.05 Å². The highest BCUT2D eigenvalue weighted by atomic mass is 32.2. The van der Waals surface area contributed by atoms with E-state index >= 15 is 0 Å². The van der Waals surface area contributed by atoms with Crippen LogP contribution >= 0.6 is 0 Å². The van der Waals surface area contributed by atoms with E-state index in [1.54, 1.807) is 7.05 Å². The van der Waals surface area contributed by atoms with Crippen molar-refractivity contribution in [2.75, 3.05) is 6.61 Å². The number of aliphatic hydroxyl groups is 1. The molecule has 2 N–H and O–H groups in total. The van der Waals surface area contributed by atoms with E-state index in [0.717, 1.165) is 5.56 Å². The number of rotatable bonds is 6. The number of aryl methyl sites for hydroxylation is 1. The first-order valence-electron chi connectivity index (χ1n) is 6.17. The molecule has 1 aromatic heterocycles. The third-order valence-electron chi connectivity index (χ3n) is 2.86. The predicted octanol–water partition coefficient (Wildman–Crippen LogP) is 0.302. The highest BCUT2D eigenvalue weighted by Crippen LogP contribution is 2.09. The van der Waals surface area contributed by atoms with Crippen molar-refractivity contribution in [3.05, 3.63) is 48.3 Å². The fourth-order valence-electron chi connectivity index (χ4n) is 1.87. The molecule has 0 spiro atoms. The highest BCUT2D eigenvalue weighted by Gasteiger charge is 2.21. The zero-order valence-electron chi connectivity index (χ0n) is 11.1. The van der Waals surface area contributed by atoms with Crippen LogP contribution in [0.15, 0.2) is 47.6 Å². The molecular formula is C13H17N3O3S. The highest BCUT2D eigenvalue weighted by molar-refractivity contribution is 7.89. The number of aliphatic hydroxyl groups excluding tert-OH is 1. The van der Waals surface area contributed by atoms with Crippen molar-refractivity contribution in [2.45, 2.75) is 17.4 Å². The van der Waals surface area contributed by atoms with Crippen molar-refractivity contribution >= 4 is 10.0 Å². The molecule has 20 heavy (non-hydrogen) atoms. The number of nitrogens with zero attached hydrogens (tertiary/aromatic N) is 2. The topological polar surface area (TPSA) is 84.2 Å². The summed E-state index contributed by atoms with van der Waals surface area (Å²) in [7, 11) is -2.02. The predicted molar refractivity (Wildman–Crippen MR) is 74.5 cm³/mol. The van der Waals surface area contributed by atoms with Gasteiger partial charge in [-0.25, -0.2) is 13.1 Å². The van der Waals surface area contributed by atoms with Gasteiger partial charge in [-0.15, -0.1) is 0 Å². The molecule has 2 rings (SSSR count). The summed E-state index contributed by atoms with van der Waals surface area (Å²) in [6.07, 6.45) is 3.12. The third kappa shape index (κ3) is 3.66. The Morgan fingerprint density at radius 1 is 1.35 bits per heavy atom. The summed E-state index contributed by atoms with van der Waals surface area (Å²) in [5, 5.41) is 13.2. The summed E-state index contributed by atoms with van der Waals surface area (Å²) in [6, 6.07) is 8.85. The SMILES string of the molecule is Cn1cc(S(=O)(=O)N[C@@H](CO)Cc2ccccc2)cn1. The maximum Gasteiger partial charge on any atom is 0.244 e. The van der Waals surface area contributed by atoms with Gasteiger partial charge in [0.1, 0.15) is 4.90 Å². The number of hydrogen-bond donors (Lipinski definition) is 2. The minimum atomic E-state index is -3.66. The van der Waals surface area contributed by atoms with Crippen LogP contribution < -0.4 is 4.72 Å². The van der Waals surface area contributed by atoms with Crippen LogP contribution in [0.25, 0.3) is 0 Å². The molecule has 2 aromatic rings. The second kappa shape index (κ2) is 6.17. The fraction of sp³-hybridized carbons (Fsp3) is 0.308. The van der Waals surface area contributed by atoms with Gasteiger partial charge >= 0.3 is 0 Å². The number of sulfonamides is 1. The van der Waals surface area contributed by atoms with Crippen LogP contribution in [0.3, 0.4) is 0 Å². The van der Waals surface area contributed by atoms with Gasteiger partial charge in [0.2, 0.25) is 10.0 Å². The summed E-state index contributed by atoms with van der Waals surface area (Å²) >= 11 is 0. The Balaban J connectivity index is 2.10. The molecule has 6 nitrogen and oxygen atoms in total. The molecule has 1 aromatic carbocycles. The zero-order chi connectivity index (χ0) is 14.6. The average molecular weight is 295 g/mol. The Kier molecular flexibility index (Phi) is 4.53. The lowest BCUT2D eigenvalue weighted by Crippen LogP contribution is -2.38. The van der Waals surface area contributed by atoms with Crippen LogP contribution in [-0.4, -0.2) is 36.0 Å².